The van der Waals surface area contributed by atoms with Crippen LogP contribution in [0, 0.1) is 5.41 Å². The maximum atomic E-state index is 11.4. The molecule has 2 rings (SSSR count). The third-order valence-corrected chi connectivity index (χ3v) is 4.70. The molecule has 1 spiro atoms. The molecule has 0 aliphatic heterocycles. The van der Waals surface area contributed by atoms with E-state index < -0.39 is 0 Å². The van der Waals surface area contributed by atoms with Gasteiger partial charge in [0, 0.05) is 12.8 Å². The van der Waals surface area contributed by atoms with Gasteiger partial charge >= 0.3 is 0 Å². The SMILES string of the molecule is O=C1CCC2(CCCCC2)C(O[SiH3])C1. The van der Waals surface area contributed by atoms with Crippen LogP contribution in [0.25, 0.3) is 0 Å². The van der Waals surface area contributed by atoms with E-state index in [9.17, 15) is 4.79 Å². The molecule has 3 heteroatoms. The van der Waals surface area contributed by atoms with Crippen molar-refractivity contribution in [2.24, 2.45) is 5.41 Å². The van der Waals surface area contributed by atoms with E-state index in [0.717, 1.165) is 23.3 Å². The van der Waals surface area contributed by atoms with Gasteiger partial charge in [-0.2, -0.15) is 0 Å². The first-order valence-electron chi connectivity index (χ1n) is 5.81. The van der Waals surface area contributed by atoms with Crippen LogP contribution in [-0.2, 0) is 9.22 Å². The molecule has 0 aromatic carbocycles. The van der Waals surface area contributed by atoms with Crippen molar-refractivity contribution in [2.45, 2.75) is 57.5 Å². The Morgan fingerprint density at radius 2 is 1.93 bits per heavy atom. The van der Waals surface area contributed by atoms with Gasteiger partial charge in [0.05, 0.1) is 6.10 Å². The standard InChI is InChI=1S/C11H20O2Si/c12-9-4-7-11(10(8-9)13-14)5-2-1-3-6-11/h10H,1-8H2,14H3. The molecule has 2 saturated carbocycles. The highest BCUT2D eigenvalue weighted by atomic mass is 28.2. The molecule has 0 bridgehead atoms. The van der Waals surface area contributed by atoms with Crippen LogP contribution in [0.2, 0.25) is 0 Å². The lowest BCUT2D eigenvalue weighted by Gasteiger charge is -2.45. The van der Waals surface area contributed by atoms with Crippen LogP contribution >= 0.6 is 0 Å². The quantitative estimate of drug-likeness (QED) is 0.613. The van der Waals surface area contributed by atoms with Crippen molar-refractivity contribution in [3.63, 3.8) is 0 Å². The second-order valence-electron chi connectivity index (χ2n) is 4.89. The molecule has 0 radical (unpaired) electrons. The third-order valence-electron chi connectivity index (χ3n) is 4.13. The Kier molecular flexibility index (Phi) is 3.07. The maximum absolute atomic E-state index is 11.4. The molecule has 14 heavy (non-hydrogen) atoms. The summed E-state index contributed by atoms with van der Waals surface area (Å²) >= 11 is 0. The molecule has 1 unspecified atom stereocenters. The van der Waals surface area contributed by atoms with E-state index in [1.165, 1.54) is 32.1 Å². The molecule has 0 aromatic rings. The molecule has 0 N–H and O–H groups in total. The summed E-state index contributed by atoms with van der Waals surface area (Å²) in [5, 5.41) is 0. The Morgan fingerprint density at radius 3 is 2.57 bits per heavy atom. The van der Waals surface area contributed by atoms with Gasteiger partial charge in [0.25, 0.3) is 0 Å². The second-order valence-corrected chi connectivity index (χ2v) is 5.36. The number of rotatable bonds is 1. The molecule has 2 fully saturated rings. The molecule has 80 valence electrons. The summed E-state index contributed by atoms with van der Waals surface area (Å²) in [7, 11) is 0.776. The second kappa shape index (κ2) is 4.15. The zero-order valence-corrected chi connectivity index (χ0v) is 11.1. The Hall–Kier alpha value is -0.153. The fraction of sp³-hybridized carbons (Fsp3) is 0.909. The van der Waals surface area contributed by atoms with Crippen LogP contribution in [0.3, 0.4) is 0 Å². The van der Waals surface area contributed by atoms with Gasteiger partial charge < -0.3 is 4.43 Å². The van der Waals surface area contributed by atoms with Crippen LogP contribution in [0.5, 0.6) is 0 Å². The fourth-order valence-electron chi connectivity index (χ4n) is 3.24. The van der Waals surface area contributed by atoms with Crippen molar-refractivity contribution in [2.75, 3.05) is 0 Å². The zero-order valence-electron chi connectivity index (χ0n) is 9.05. The van der Waals surface area contributed by atoms with Crippen molar-refractivity contribution in [3.8, 4) is 0 Å². The van der Waals surface area contributed by atoms with Gasteiger partial charge in [0.15, 0.2) is 0 Å². The first-order chi connectivity index (χ1) is 6.77. The topological polar surface area (TPSA) is 26.3 Å². The Morgan fingerprint density at radius 1 is 1.21 bits per heavy atom. The number of ketones is 1. The summed E-state index contributed by atoms with van der Waals surface area (Å²) in [5.41, 5.74) is 0.397. The number of carbonyl (C=O) groups excluding carboxylic acids is 1. The maximum Gasteiger partial charge on any atom is 0.146 e. The minimum Gasteiger partial charge on any atom is -0.424 e. The van der Waals surface area contributed by atoms with Crippen molar-refractivity contribution in [3.05, 3.63) is 0 Å². The van der Waals surface area contributed by atoms with E-state index in [2.05, 4.69) is 0 Å². The normalized spacial score (nSPS) is 32.3. The summed E-state index contributed by atoms with van der Waals surface area (Å²) in [5.74, 6) is 0.419. The number of hydrogen-bond donors (Lipinski definition) is 0. The first kappa shape index (κ1) is 10.4. The molecule has 1 atom stereocenters. The molecule has 0 amide bonds. The third kappa shape index (κ3) is 1.80. The van der Waals surface area contributed by atoms with Crippen LogP contribution in [0.1, 0.15) is 51.4 Å². The van der Waals surface area contributed by atoms with Gasteiger partial charge in [0.1, 0.15) is 16.3 Å². The Balaban J connectivity index is 2.10. The van der Waals surface area contributed by atoms with E-state index in [1.54, 1.807) is 0 Å². The monoisotopic (exact) mass is 212 g/mol. The first-order valence-corrected chi connectivity index (χ1v) is 6.63. The van der Waals surface area contributed by atoms with Crippen LogP contribution in [0.15, 0.2) is 0 Å². The molecular weight excluding hydrogens is 192 g/mol. The highest BCUT2D eigenvalue weighted by Gasteiger charge is 2.43. The average molecular weight is 212 g/mol. The molecule has 0 saturated heterocycles. The number of carbonyl (C=O) groups is 1. The summed E-state index contributed by atoms with van der Waals surface area (Å²) in [4.78, 5) is 11.4. The molecular formula is C11H20O2Si. The van der Waals surface area contributed by atoms with Crippen LogP contribution in [0.4, 0.5) is 0 Å². The van der Waals surface area contributed by atoms with Gasteiger partial charge in [-0.15, -0.1) is 0 Å². The molecule has 2 nitrogen and oxygen atoms in total. The summed E-state index contributed by atoms with van der Waals surface area (Å²) < 4.78 is 5.67. The largest absolute Gasteiger partial charge is 0.424 e. The minimum atomic E-state index is 0.274. The highest BCUT2D eigenvalue weighted by Crippen LogP contribution is 2.47. The van der Waals surface area contributed by atoms with Gasteiger partial charge in [-0.05, 0) is 24.7 Å². The minimum absolute atomic E-state index is 0.274. The predicted octanol–water partition coefficient (Wildman–Crippen LogP) is 1.36. The average Bonchev–Trinajstić information content (AvgIpc) is 2.23. The summed E-state index contributed by atoms with van der Waals surface area (Å²) in [6.07, 6.45) is 9.54. The van der Waals surface area contributed by atoms with Crippen molar-refractivity contribution in [1.29, 1.82) is 0 Å². The Bertz CT molecular complexity index is 221. The van der Waals surface area contributed by atoms with E-state index in [1.807, 2.05) is 0 Å². The molecule has 0 aromatic heterocycles. The van der Waals surface area contributed by atoms with Gasteiger partial charge in [-0.3, -0.25) is 4.79 Å². The molecule has 2 aliphatic rings. The van der Waals surface area contributed by atoms with Crippen LogP contribution < -0.4 is 0 Å². The zero-order chi connectivity index (χ0) is 10.0. The predicted molar refractivity (Wildman–Crippen MR) is 59.2 cm³/mol. The van der Waals surface area contributed by atoms with Crippen molar-refractivity contribution >= 4 is 16.3 Å². The molecule has 0 heterocycles. The van der Waals surface area contributed by atoms with Crippen molar-refractivity contribution in [1.82, 2.24) is 0 Å². The van der Waals surface area contributed by atoms with E-state index >= 15 is 0 Å². The van der Waals surface area contributed by atoms with Gasteiger partial charge in [0.2, 0.25) is 0 Å². The van der Waals surface area contributed by atoms with E-state index in [0.29, 0.717) is 17.6 Å². The lowest BCUT2D eigenvalue weighted by Crippen LogP contribution is -2.43. The van der Waals surface area contributed by atoms with Gasteiger partial charge in [-0.25, -0.2) is 0 Å². The molecule has 2 aliphatic carbocycles. The fourth-order valence-corrected chi connectivity index (χ4v) is 3.90. The van der Waals surface area contributed by atoms with Gasteiger partial charge in [-0.1, -0.05) is 19.3 Å². The summed E-state index contributed by atoms with van der Waals surface area (Å²) in [6.45, 7) is 0. The lowest BCUT2D eigenvalue weighted by molar-refractivity contribution is -0.129. The smallest absolute Gasteiger partial charge is 0.146 e. The van der Waals surface area contributed by atoms with E-state index in [-0.39, 0.29) is 6.10 Å². The summed E-state index contributed by atoms with van der Waals surface area (Å²) in [6, 6.07) is 0. The number of hydrogen-bond acceptors (Lipinski definition) is 2. The lowest BCUT2D eigenvalue weighted by atomic mass is 9.63. The van der Waals surface area contributed by atoms with Crippen molar-refractivity contribution < 1.29 is 9.22 Å². The Labute approximate surface area is 88.9 Å². The van der Waals surface area contributed by atoms with Crippen LogP contribution in [-0.4, -0.2) is 22.4 Å². The van der Waals surface area contributed by atoms with E-state index in [4.69, 9.17) is 4.43 Å². The highest BCUT2D eigenvalue weighted by molar-refractivity contribution is 5.98. The number of Topliss-reactive ketones (excluding diaryl/α,β-unsaturated/α-hetero) is 1.